The van der Waals surface area contributed by atoms with Gasteiger partial charge in [0.05, 0.1) is 5.52 Å². The van der Waals surface area contributed by atoms with Crippen LogP contribution in [0.2, 0.25) is 0 Å². The van der Waals surface area contributed by atoms with E-state index in [0.717, 1.165) is 24.8 Å². The third kappa shape index (κ3) is 4.82. The van der Waals surface area contributed by atoms with Gasteiger partial charge in [-0.25, -0.2) is 4.98 Å². The van der Waals surface area contributed by atoms with Gasteiger partial charge in [-0.15, -0.1) is 11.3 Å². The number of carbonyl (C=O) groups is 1. The Kier molecular flexibility index (Phi) is 6.88. The first-order valence-corrected chi connectivity index (χ1v) is 9.89. The SMILES string of the molecule is O=C(Nc1nccs1)c1cn(CCCCCC(O)NO)c2ccccc2c1=O. The largest absolute Gasteiger partial charge is 0.377 e. The van der Waals surface area contributed by atoms with Crippen LogP contribution in [0.1, 0.15) is 36.0 Å². The highest BCUT2D eigenvalue weighted by atomic mass is 32.1. The van der Waals surface area contributed by atoms with Crippen LogP contribution in [0, 0.1) is 0 Å². The van der Waals surface area contributed by atoms with Gasteiger partial charge in [0.25, 0.3) is 5.91 Å². The second-order valence-corrected chi connectivity index (χ2v) is 7.26. The summed E-state index contributed by atoms with van der Waals surface area (Å²) in [5.74, 6) is -0.475. The zero-order chi connectivity index (χ0) is 19.9. The summed E-state index contributed by atoms with van der Waals surface area (Å²) in [6, 6.07) is 7.22. The Hall–Kier alpha value is -2.59. The van der Waals surface area contributed by atoms with Gasteiger partial charge in [0.1, 0.15) is 11.8 Å². The number of aromatic nitrogens is 2. The molecule has 1 amide bonds. The first kappa shape index (κ1) is 20.2. The third-order valence-electron chi connectivity index (χ3n) is 4.41. The van der Waals surface area contributed by atoms with Crippen molar-refractivity contribution in [3.05, 3.63) is 57.8 Å². The minimum atomic E-state index is -0.922. The van der Waals surface area contributed by atoms with E-state index in [1.165, 1.54) is 11.3 Å². The topological polar surface area (TPSA) is 116 Å². The molecule has 148 valence electrons. The molecule has 3 aromatic rings. The summed E-state index contributed by atoms with van der Waals surface area (Å²) in [6.07, 6.45) is 5.08. The minimum absolute atomic E-state index is 0.0776. The van der Waals surface area contributed by atoms with Crippen LogP contribution >= 0.6 is 11.3 Å². The molecule has 28 heavy (non-hydrogen) atoms. The van der Waals surface area contributed by atoms with Crippen molar-refractivity contribution in [2.24, 2.45) is 0 Å². The van der Waals surface area contributed by atoms with E-state index in [4.69, 9.17) is 5.21 Å². The van der Waals surface area contributed by atoms with Crippen LogP contribution in [0.3, 0.4) is 0 Å². The Morgan fingerprint density at radius 1 is 1.25 bits per heavy atom. The van der Waals surface area contributed by atoms with Gasteiger partial charge >= 0.3 is 0 Å². The molecule has 0 fully saturated rings. The van der Waals surface area contributed by atoms with E-state index < -0.39 is 12.1 Å². The summed E-state index contributed by atoms with van der Waals surface area (Å²) in [6.45, 7) is 0.626. The van der Waals surface area contributed by atoms with E-state index in [1.54, 1.807) is 29.9 Å². The maximum absolute atomic E-state index is 12.8. The number of unbranched alkanes of at least 4 members (excludes halogenated alkanes) is 2. The van der Waals surface area contributed by atoms with Gasteiger partial charge in [-0.3, -0.25) is 14.9 Å². The smallest absolute Gasteiger partial charge is 0.262 e. The lowest BCUT2D eigenvalue weighted by molar-refractivity contribution is -0.00395. The number of anilines is 1. The second-order valence-electron chi connectivity index (χ2n) is 6.37. The number of thiazole rings is 1. The number of aliphatic hydroxyl groups is 1. The molecule has 1 aromatic carbocycles. The molecule has 0 saturated heterocycles. The van der Waals surface area contributed by atoms with Gasteiger partial charge < -0.3 is 14.9 Å². The van der Waals surface area contributed by atoms with Gasteiger partial charge in [0.2, 0.25) is 5.43 Å². The summed E-state index contributed by atoms with van der Waals surface area (Å²) in [7, 11) is 0. The highest BCUT2D eigenvalue weighted by Gasteiger charge is 2.16. The number of benzene rings is 1. The molecule has 4 N–H and O–H groups in total. The van der Waals surface area contributed by atoms with E-state index in [1.807, 2.05) is 22.2 Å². The zero-order valence-electron chi connectivity index (χ0n) is 15.2. The molecule has 0 bridgehead atoms. The van der Waals surface area contributed by atoms with Gasteiger partial charge in [-0.1, -0.05) is 18.6 Å². The molecule has 3 rings (SSSR count). The first-order valence-electron chi connectivity index (χ1n) is 9.01. The van der Waals surface area contributed by atoms with Crippen molar-refractivity contribution in [2.75, 3.05) is 5.32 Å². The number of nitrogens with one attached hydrogen (secondary N) is 2. The normalized spacial score (nSPS) is 12.2. The van der Waals surface area contributed by atoms with Crippen LogP contribution in [0.25, 0.3) is 10.9 Å². The molecule has 0 saturated carbocycles. The molecule has 1 atom stereocenters. The number of carbonyl (C=O) groups excluding carboxylic acids is 1. The van der Waals surface area contributed by atoms with E-state index >= 15 is 0 Å². The summed E-state index contributed by atoms with van der Waals surface area (Å²) in [4.78, 5) is 29.4. The van der Waals surface area contributed by atoms with Crippen molar-refractivity contribution in [3.8, 4) is 0 Å². The van der Waals surface area contributed by atoms with Crippen LogP contribution in [0.15, 0.2) is 46.8 Å². The minimum Gasteiger partial charge on any atom is -0.377 e. The number of amides is 1. The van der Waals surface area contributed by atoms with Crippen LogP contribution in [0.4, 0.5) is 5.13 Å². The predicted octanol–water partition coefficient (Wildman–Crippen LogP) is 2.57. The van der Waals surface area contributed by atoms with Crippen molar-refractivity contribution in [1.82, 2.24) is 15.0 Å². The van der Waals surface area contributed by atoms with Gasteiger partial charge in [-0.05, 0) is 31.4 Å². The van der Waals surface area contributed by atoms with Gasteiger partial charge in [-0.2, -0.15) is 5.48 Å². The van der Waals surface area contributed by atoms with E-state index in [0.29, 0.717) is 23.5 Å². The highest BCUT2D eigenvalue weighted by Crippen LogP contribution is 2.16. The fourth-order valence-electron chi connectivity index (χ4n) is 3.00. The number of fused-ring (bicyclic) bond motifs is 1. The standard InChI is InChI=1S/C19H22N4O4S/c24-16(22-27)8-2-1-5-10-23-12-14(18(26)21-19-20-9-11-28-19)17(25)13-6-3-4-7-15(13)23/h3-4,6-7,9,11-12,16,22,24,27H,1-2,5,8,10H2,(H,20,21,26). The molecule has 9 heteroatoms. The molecule has 0 aliphatic heterocycles. The molecule has 8 nitrogen and oxygen atoms in total. The van der Waals surface area contributed by atoms with Crippen LogP contribution < -0.4 is 16.2 Å². The number of aryl methyl sites for hydroxylation is 1. The molecular formula is C19H22N4O4S. The Balaban J connectivity index is 1.80. The molecule has 1 unspecified atom stereocenters. The molecule has 0 spiro atoms. The quantitative estimate of drug-likeness (QED) is 0.248. The molecular weight excluding hydrogens is 380 g/mol. The lowest BCUT2D eigenvalue weighted by Gasteiger charge is -2.13. The molecule has 2 aromatic heterocycles. The van der Waals surface area contributed by atoms with Crippen LogP contribution in [-0.4, -0.2) is 32.0 Å². The molecule has 0 aliphatic carbocycles. The lowest BCUT2D eigenvalue weighted by Crippen LogP contribution is -2.24. The van der Waals surface area contributed by atoms with Crippen molar-refractivity contribution in [3.63, 3.8) is 0 Å². The Morgan fingerprint density at radius 3 is 2.82 bits per heavy atom. The zero-order valence-corrected chi connectivity index (χ0v) is 16.0. The number of hydroxylamine groups is 1. The number of hydrogen-bond acceptors (Lipinski definition) is 7. The average molecular weight is 402 g/mol. The molecule has 0 radical (unpaired) electrons. The van der Waals surface area contributed by atoms with E-state index in [9.17, 15) is 14.7 Å². The summed E-state index contributed by atoms with van der Waals surface area (Å²) in [5, 5.41) is 23.3. The Labute approximate surface area is 165 Å². The fourth-order valence-corrected chi connectivity index (χ4v) is 3.53. The maximum atomic E-state index is 12.8. The first-order chi connectivity index (χ1) is 13.6. The van der Waals surface area contributed by atoms with E-state index in [-0.39, 0.29) is 11.0 Å². The predicted molar refractivity (Wildman–Crippen MR) is 108 cm³/mol. The van der Waals surface area contributed by atoms with Gasteiger partial charge in [0.15, 0.2) is 5.13 Å². The fraction of sp³-hybridized carbons (Fsp3) is 0.316. The van der Waals surface area contributed by atoms with Crippen LogP contribution in [-0.2, 0) is 6.54 Å². The monoisotopic (exact) mass is 402 g/mol. The number of pyridine rings is 1. The summed E-state index contributed by atoms with van der Waals surface area (Å²) in [5.41, 5.74) is 2.35. The summed E-state index contributed by atoms with van der Waals surface area (Å²) < 4.78 is 1.91. The molecule has 0 aliphatic rings. The number of rotatable bonds is 9. The Morgan fingerprint density at radius 2 is 2.07 bits per heavy atom. The summed E-state index contributed by atoms with van der Waals surface area (Å²) >= 11 is 1.29. The third-order valence-corrected chi connectivity index (χ3v) is 5.10. The van der Waals surface area contributed by atoms with Crippen molar-refractivity contribution in [2.45, 2.75) is 38.5 Å². The van der Waals surface area contributed by atoms with Gasteiger partial charge in [0, 0.05) is 29.7 Å². The molecule has 2 heterocycles. The van der Waals surface area contributed by atoms with Crippen molar-refractivity contribution < 1.29 is 15.1 Å². The average Bonchev–Trinajstić information content (AvgIpc) is 3.22. The Bertz CT molecular complexity index is 987. The number of nitrogens with zero attached hydrogens (tertiary/aromatic N) is 2. The highest BCUT2D eigenvalue weighted by molar-refractivity contribution is 7.13. The van der Waals surface area contributed by atoms with Crippen molar-refractivity contribution in [1.29, 1.82) is 0 Å². The second kappa shape index (κ2) is 9.56. The number of aliphatic hydroxyl groups excluding tert-OH is 1. The maximum Gasteiger partial charge on any atom is 0.262 e. The van der Waals surface area contributed by atoms with Crippen LogP contribution in [0.5, 0.6) is 0 Å². The van der Waals surface area contributed by atoms with Crippen molar-refractivity contribution >= 4 is 33.3 Å². The number of para-hydroxylation sites is 1. The van der Waals surface area contributed by atoms with E-state index in [2.05, 4.69) is 10.3 Å². The lowest BCUT2D eigenvalue weighted by atomic mass is 10.1. The number of hydrogen-bond donors (Lipinski definition) is 4.